The maximum atomic E-state index is 13.6. The Morgan fingerprint density at radius 3 is 2.76 bits per heavy atom. The maximum absolute atomic E-state index is 13.6. The largest absolute Gasteiger partial charge is 0.467 e. The highest BCUT2D eigenvalue weighted by Gasteiger charge is 2.31. The first-order valence-corrected chi connectivity index (χ1v) is 7.21. The second-order valence-electron chi connectivity index (χ2n) is 5.32. The fourth-order valence-corrected chi connectivity index (χ4v) is 2.41. The molecule has 0 amide bonds. The van der Waals surface area contributed by atoms with Crippen molar-refractivity contribution in [3.8, 4) is 5.75 Å². The van der Waals surface area contributed by atoms with E-state index in [0.29, 0.717) is 17.4 Å². The molecule has 0 aromatic heterocycles. The predicted molar refractivity (Wildman–Crippen MR) is 77.2 cm³/mol. The molecule has 2 aromatic carbocycles. The lowest BCUT2D eigenvalue weighted by molar-refractivity contribution is -0.137. The van der Waals surface area contributed by atoms with Crippen LogP contribution >= 0.6 is 0 Å². The van der Waals surface area contributed by atoms with Gasteiger partial charge in [0.2, 0.25) is 0 Å². The summed E-state index contributed by atoms with van der Waals surface area (Å²) in [6, 6.07) is 6.27. The molecule has 0 bridgehead atoms. The Balaban J connectivity index is 1.76. The Hall–Kier alpha value is -2.61. The van der Waals surface area contributed by atoms with Crippen LogP contribution in [0.2, 0.25) is 0 Å². The molecule has 0 fully saturated rings. The Labute approximate surface area is 139 Å². The van der Waals surface area contributed by atoms with Crippen LogP contribution in [0.1, 0.15) is 27.0 Å². The fourth-order valence-electron chi connectivity index (χ4n) is 2.41. The van der Waals surface area contributed by atoms with Gasteiger partial charge in [-0.15, -0.1) is 0 Å². The van der Waals surface area contributed by atoms with E-state index in [0.717, 1.165) is 18.2 Å². The van der Waals surface area contributed by atoms with Crippen LogP contribution in [0, 0.1) is 5.82 Å². The molecular weight excluding hydrogens is 344 g/mol. The van der Waals surface area contributed by atoms with Crippen LogP contribution in [0.15, 0.2) is 36.4 Å². The lowest BCUT2D eigenvalue weighted by atomic mass is 10.1. The fraction of sp³-hybridized carbons (Fsp3) is 0.235. The lowest BCUT2D eigenvalue weighted by Gasteiger charge is -2.20. The molecule has 0 unspecified atom stereocenters. The Kier molecular flexibility index (Phi) is 4.63. The number of esters is 1. The summed E-state index contributed by atoms with van der Waals surface area (Å²) >= 11 is 0. The predicted octanol–water partition coefficient (Wildman–Crippen LogP) is 4.07. The summed E-state index contributed by atoms with van der Waals surface area (Å²) in [7, 11) is 0. The van der Waals surface area contributed by atoms with Gasteiger partial charge in [-0.2, -0.15) is 13.2 Å². The second-order valence-corrected chi connectivity index (χ2v) is 5.32. The minimum Gasteiger partial charge on any atom is -0.467 e. The molecule has 2 aromatic rings. The highest BCUT2D eigenvalue weighted by molar-refractivity contribution is 5.89. The topological polar surface area (TPSA) is 44.8 Å². The van der Waals surface area contributed by atoms with E-state index in [4.69, 9.17) is 14.2 Å². The van der Waals surface area contributed by atoms with Gasteiger partial charge in [-0.25, -0.2) is 9.18 Å². The summed E-state index contributed by atoms with van der Waals surface area (Å²) in [6.07, 6.45) is -4.56. The van der Waals surface area contributed by atoms with E-state index >= 15 is 0 Å². The van der Waals surface area contributed by atoms with Gasteiger partial charge < -0.3 is 14.2 Å². The summed E-state index contributed by atoms with van der Waals surface area (Å²) in [4.78, 5) is 12.0. The third-order valence-corrected chi connectivity index (χ3v) is 3.54. The van der Waals surface area contributed by atoms with Crippen LogP contribution in [0.3, 0.4) is 0 Å². The summed E-state index contributed by atoms with van der Waals surface area (Å²) < 4.78 is 67.0. The molecule has 0 aliphatic carbocycles. The number of fused-ring (bicyclic) bond motifs is 1. The van der Waals surface area contributed by atoms with Crippen LogP contribution in [0.25, 0.3) is 0 Å². The summed E-state index contributed by atoms with van der Waals surface area (Å²) in [5.74, 6) is -1.15. The molecule has 0 saturated heterocycles. The van der Waals surface area contributed by atoms with E-state index in [-0.39, 0.29) is 31.1 Å². The third kappa shape index (κ3) is 3.90. The van der Waals surface area contributed by atoms with Gasteiger partial charge in [-0.1, -0.05) is 6.07 Å². The van der Waals surface area contributed by atoms with Gasteiger partial charge in [-0.05, 0) is 30.3 Å². The van der Waals surface area contributed by atoms with E-state index in [2.05, 4.69) is 0 Å². The molecule has 0 atom stereocenters. The first kappa shape index (κ1) is 17.2. The number of halogens is 4. The average molecular weight is 356 g/mol. The van der Waals surface area contributed by atoms with Crippen molar-refractivity contribution in [2.75, 3.05) is 6.79 Å². The van der Waals surface area contributed by atoms with Gasteiger partial charge in [0, 0.05) is 11.1 Å². The van der Waals surface area contributed by atoms with Crippen molar-refractivity contribution < 1.29 is 36.6 Å². The molecule has 0 saturated carbocycles. The van der Waals surface area contributed by atoms with Crippen molar-refractivity contribution in [1.29, 1.82) is 0 Å². The first-order valence-electron chi connectivity index (χ1n) is 7.21. The van der Waals surface area contributed by atoms with Crippen molar-refractivity contribution in [1.82, 2.24) is 0 Å². The smallest absolute Gasteiger partial charge is 0.416 e. The summed E-state index contributed by atoms with van der Waals surface area (Å²) in [6.45, 7) is -0.204. The molecule has 132 valence electrons. The van der Waals surface area contributed by atoms with Gasteiger partial charge in [-0.3, -0.25) is 0 Å². The normalized spacial score (nSPS) is 13.8. The molecule has 4 nitrogen and oxygen atoms in total. The Bertz CT molecular complexity index is 802. The van der Waals surface area contributed by atoms with Gasteiger partial charge in [0.1, 0.15) is 18.2 Å². The molecule has 1 aliphatic rings. The number of alkyl halides is 3. The zero-order valence-electron chi connectivity index (χ0n) is 12.7. The summed E-state index contributed by atoms with van der Waals surface area (Å²) in [5.41, 5.74) is -0.454. The van der Waals surface area contributed by atoms with Crippen LogP contribution < -0.4 is 4.74 Å². The van der Waals surface area contributed by atoms with Gasteiger partial charge in [0.15, 0.2) is 6.79 Å². The zero-order chi connectivity index (χ0) is 18.0. The van der Waals surface area contributed by atoms with E-state index in [9.17, 15) is 22.4 Å². The highest BCUT2D eigenvalue weighted by Crippen LogP contribution is 2.31. The average Bonchev–Trinajstić information content (AvgIpc) is 2.58. The number of carbonyl (C=O) groups excluding carboxylic acids is 1. The van der Waals surface area contributed by atoms with Crippen LogP contribution in [0.5, 0.6) is 5.75 Å². The molecular formula is C17H12F4O4. The van der Waals surface area contributed by atoms with E-state index in [1.165, 1.54) is 12.1 Å². The molecule has 0 N–H and O–H groups in total. The third-order valence-electron chi connectivity index (χ3n) is 3.54. The zero-order valence-corrected chi connectivity index (χ0v) is 12.7. The molecule has 1 aliphatic heterocycles. The van der Waals surface area contributed by atoms with Gasteiger partial charge in [0.05, 0.1) is 17.7 Å². The second kappa shape index (κ2) is 6.72. The number of rotatable bonds is 3. The van der Waals surface area contributed by atoms with E-state index in [1.54, 1.807) is 0 Å². The molecule has 0 radical (unpaired) electrons. The van der Waals surface area contributed by atoms with Crippen molar-refractivity contribution in [3.63, 3.8) is 0 Å². The van der Waals surface area contributed by atoms with Crippen molar-refractivity contribution in [2.45, 2.75) is 19.4 Å². The van der Waals surface area contributed by atoms with Gasteiger partial charge in [0.25, 0.3) is 0 Å². The quantitative estimate of drug-likeness (QED) is 0.614. The number of hydrogen-bond donors (Lipinski definition) is 0. The van der Waals surface area contributed by atoms with E-state index in [1.807, 2.05) is 0 Å². The molecule has 25 heavy (non-hydrogen) atoms. The van der Waals surface area contributed by atoms with E-state index < -0.39 is 23.5 Å². The molecule has 8 heteroatoms. The number of carbonyl (C=O) groups is 1. The monoisotopic (exact) mass is 356 g/mol. The van der Waals surface area contributed by atoms with Gasteiger partial charge >= 0.3 is 12.1 Å². The summed E-state index contributed by atoms with van der Waals surface area (Å²) in [5, 5.41) is 0. The SMILES string of the molecule is O=C(OCc1cc(F)cc2c1OCOC2)c1cccc(C(F)(F)F)c1. The first-order chi connectivity index (χ1) is 11.8. The van der Waals surface area contributed by atoms with Crippen LogP contribution in [-0.4, -0.2) is 12.8 Å². The maximum Gasteiger partial charge on any atom is 0.416 e. The minimum absolute atomic E-state index is 0.0206. The molecule has 3 rings (SSSR count). The van der Waals surface area contributed by atoms with Crippen molar-refractivity contribution >= 4 is 5.97 Å². The molecule has 1 heterocycles. The Morgan fingerprint density at radius 1 is 1.20 bits per heavy atom. The standard InChI is InChI=1S/C17H12F4O4/c18-14-5-11-7-23-9-25-15(11)12(6-14)8-24-16(22)10-2-1-3-13(4-10)17(19,20)21/h1-6H,7-9H2. The number of benzene rings is 2. The molecule has 0 spiro atoms. The van der Waals surface area contributed by atoms with Crippen molar-refractivity contribution in [2.24, 2.45) is 0 Å². The van der Waals surface area contributed by atoms with Crippen LogP contribution in [-0.2, 0) is 28.9 Å². The van der Waals surface area contributed by atoms with Crippen LogP contribution in [0.4, 0.5) is 17.6 Å². The van der Waals surface area contributed by atoms with Crippen molar-refractivity contribution in [3.05, 3.63) is 64.5 Å². The highest BCUT2D eigenvalue weighted by atomic mass is 19.4. The number of hydrogen-bond acceptors (Lipinski definition) is 4. The lowest BCUT2D eigenvalue weighted by Crippen LogP contribution is -2.15. The Morgan fingerprint density at radius 2 is 2.00 bits per heavy atom. The minimum atomic E-state index is -4.56. The number of ether oxygens (including phenoxy) is 3.